The molecule has 2 heterocycles. The van der Waals surface area contributed by atoms with E-state index in [4.69, 9.17) is 0 Å². The number of carbonyl (C=O) groups is 1. The summed E-state index contributed by atoms with van der Waals surface area (Å²) in [6, 6.07) is 5.79. The summed E-state index contributed by atoms with van der Waals surface area (Å²) in [5, 5.41) is 14.3. The first kappa shape index (κ1) is 14.0. The monoisotopic (exact) mass is 287 g/mol. The first-order valence-electron chi connectivity index (χ1n) is 7.28. The molecule has 1 amide bonds. The van der Waals surface area contributed by atoms with Crippen LogP contribution in [0.3, 0.4) is 0 Å². The van der Waals surface area contributed by atoms with Crippen LogP contribution in [0.2, 0.25) is 0 Å². The summed E-state index contributed by atoms with van der Waals surface area (Å²) in [6.45, 7) is 7.56. The van der Waals surface area contributed by atoms with Crippen LogP contribution in [0.25, 0.3) is 10.9 Å². The van der Waals surface area contributed by atoms with Crippen LogP contribution in [0.15, 0.2) is 24.4 Å². The predicted octanol–water partition coefficient (Wildman–Crippen LogP) is 1.19. The molecule has 1 aliphatic heterocycles. The molecule has 2 aromatic rings. The Labute approximate surface area is 123 Å². The van der Waals surface area contributed by atoms with Crippen LogP contribution in [-0.4, -0.2) is 52.7 Å². The molecule has 0 atom stereocenters. The maximum absolute atomic E-state index is 12.7. The predicted molar refractivity (Wildman–Crippen MR) is 83.2 cm³/mol. The highest BCUT2D eigenvalue weighted by molar-refractivity contribution is 6.03. The van der Waals surface area contributed by atoms with E-state index >= 15 is 0 Å². The second-order valence-electron chi connectivity index (χ2n) is 5.89. The molecule has 0 unspecified atom stereocenters. The highest BCUT2D eigenvalue weighted by Crippen LogP contribution is 2.23. The smallest absolute Gasteiger partial charge is 0.244 e. The lowest BCUT2D eigenvalue weighted by Gasteiger charge is -2.39. The van der Waals surface area contributed by atoms with Crippen LogP contribution in [0, 0.1) is 0 Å². The molecule has 0 spiro atoms. The van der Waals surface area contributed by atoms with Crippen molar-refractivity contribution in [2.45, 2.75) is 19.4 Å². The van der Waals surface area contributed by atoms with Crippen molar-refractivity contribution in [2.75, 3.05) is 31.5 Å². The molecule has 1 saturated heterocycles. The second kappa shape index (κ2) is 5.46. The molecule has 0 bridgehead atoms. The summed E-state index contributed by atoms with van der Waals surface area (Å²) >= 11 is 0. The minimum absolute atomic E-state index is 0.00602. The molecule has 3 N–H and O–H groups in total. The van der Waals surface area contributed by atoms with E-state index in [1.165, 1.54) is 0 Å². The summed E-state index contributed by atoms with van der Waals surface area (Å²) in [6.07, 6.45) is 1.76. The van der Waals surface area contributed by atoms with Crippen LogP contribution >= 0.6 is 0 Å². The number of para-hydroxylation sites is 1. The number of aromatic nitrogens is 2. The topological polar surface area (TPSA) is 73.0 Å². The zero-order chi connectivity index (χ0) is 14.9. The van der Waals surface area contributed by atoms with Gasteiger partial charge in [-0.1, -0.05) is 12.1 Å². The van der Waals surface area contributed by atoms with E-state index in [9.17, 15) is 4.79 Å². The van der Waals surface area contributed by atoms with Crippen molar-refractivity contribution < 1.29 is 4.79 Å². The van der Waals surface area contributed by atoms with Gasteiger partial charge in [-0.3, -0.25) is 14.8 Å². The Morgan fingerprint density at radius 3 is 2.86 bits per heavy atom. The normalized spacial score (nSPS) is 17.0. The standard InChI is InChI=1S/C15H21N5O/c1-15(2,20-8-6-16-7-9-20)14(21)18-12-5-3-4-11-10-17-19-13(11)12/h3-5,10,16H,6-9H2,1-2H3,(H,17,19)(H,18,21). The molecule has 0 aliphatic carbocycles. The molecule has 21 heavy (non-hydrogen) atoms. The van der Waals surface area contributed by atoms with Crippen LogP contribution in [0.5, 0.6) is 0 Å². The van der Waals surface area contributed by atoms with Crippen molar-refractivity contribution in [1.29, 1.82) is 0 Å². The van der Waals surface area contributed by atoms with Crippen LogP contribution < -0.4 is 10.6 Å². The molecular weight excluding hydrogens is 266 g/mol. The Morgan fingerprint density at radius 1 is 1.33 bits per heavy atom. The fourth-order valence-corrected chi connectivity index (χ4v) is 2.72. The van der Waals surface area contributed by atoms with E-state index in [1.807, 2.05) is 32.0 Å². The molecule has 1 aromatic carbocycles. The second-order valence-corrected chi connectivity index (χ2v) is 5.89. The average Bonchev–Trinajstić information content (AvgIpc) is 2.97. The van der Waals surface area contributed by atoms with Crippen molar-refractivity contribution in [3.8, 4) is 0 Å². The first-order valence-corrected chi connectivity index (χ1v) is 7.28. The number of hydrogen-bond acceptors (Lipinski definition) is 4. The number of piperazine rings is 1. The maximum Gasteiger partial charge on any atom is 0.244 e. The number of aromatic amines is 1. The number of anilines is 1. The Kier molecular flexibility index (Phi) is 3.65. The van der Waals surface area contributed by atoms with Gasteiger partial charge in [0.2, 0.25) is 5.91 Å². The fourth-order valence-electron chi connectivity index (χ4n) is 2.72. The third-order valence-electron chi connectivity index (χ3n) is 4.19. The van der Waals surface area contributed by atoms with Gasteiger partial charge >= 0.3 is 0 Å². The lowest BCUT2D eigenvalue weighted by atomic mass is 10.00. The summed E-state index contributed by atoms with van der Waals surface area (Å²) in [4.78, 5) is 14.9. The van der Waals surface area contributed by atoms with Gasteiger partial charge in [0.25, 0.3) is 0 Å². The van der Waals surface area contributed by atoms with Gasteiger partial charge in [0, 0.05) is 31.6 Å². The number of amides is 1. The molecule has 0 saturated carbocycles. The van der Waals surface area contributed by atoms with Gasteiger partial charge in [-0.2, -0.15) is 5.10 Å². The summed E-state index contributed by atoms with van der Waals surface area (Å²) in [5.74, 6) is 0.00602. The van der Waals surface area contributed by atoms with Gasteiger partial charge in [0.05, 0.1) is 22.9 Å². The first-order chi connectivity index (χ1) is 10.1. The van der Waals surface area contributed by atoms with E-state index < -0.39 is 5.54 Å². The molecule has 1 fully saturated rings. The van der Waals surface area contributed by atoms with Gasteiger partial charge in [0.1, 0.15) is 0 Å². The SMILES string of the molecule is CC(C)(C(=O)Nc1cccc2cn[nH]c12)N1CCNCC1. The molecule has 1 aromatic heterocycles. The highest BCUT2D eigenvalue weighted by Gasteiger charge is 2.35. The minimum atomic E-state index is -0.537. The molecule has 3 rings (SSSR count). The molecule has 6 heteroatoms. The largest absolute Gasteiger partial charge is 0.323 e. The highest BCUT2D eigenvalue weighted by atomic mass is 16.2. The molecular formula is C15H21N5O. The fraction of sp³-hybridized carbons (Fsp3) is 0.467. The van der Waals surface area contributed by atoms with Crippen LogP contribution in [0.4, 0.5) is 5.69 Å². The van der Waals surface area contributed by atoms with Gasteiger partial charge in [-0.25, -0.2) is 0 Å². The van der Waals surface area contributed by atoms with Gasteiger partial charge < -0.3 is 10.6 Å². The molecule has 6 nitrogen and oxygen atoms in total. The Hall–Kier alpha value is -1.92. The third kappa shape index (κ3) is 2.64. The van der Waals surface area contributed by atoms with E-state index in [2.05, 4.69) is 25.7 Å². The van der Waals surface area contributed by atoms with Crippen LogP contribution in [0.1, 0.15) is 13.8 Å². The molecule has 1 aliphatic rings. The lowest BCUT2D eigenvalue weighted by Crippen LogP contribution is -2.58. The van der Waals surface area contributed by atoms with E-state index in [1.54, 1.807) is 6.20 Å². The number of hydrogen-bond donors (Lipinski definition) is 3. The van der Waals surface area contributed by atoms with Gasteiger partial charge in [-0.05, 0) is 19.9 Å². The number of fused-ring (bicyclic) bond motifs is 1. The molecule has 112 valence electrons. The summed E-state index contributed by atoms with van der Waals surface area (Å²) < 4.78 is 0. The minimum Gasteiger partial charge on any atom is -0.323 e. The number of carbonyl (C=O) groups excluding carboxylic acids is 1. The zero-order valence-corrected chi connectivity index (χ0v) is 12.4. The van der Waals surface area contributed by atoms with E-state index in [0.29, 0.717) is 0 Å². The number of nitrogens with one attached hydrogen (secondary N) is 3. The van der Waals surface area contributed by atoms with Crippen molar-refractivity contribution in [3.05, 3.63) is 24.4 Å². The summed E-state index contributed by atoms with van der Waals surface area (Å²) in [5.41, 5.74) is 1.10. The quantitative estimate of drug-likeness (QED) is 0.793. The molecule has 0 radical (unpaired) electrons. The Balaban J connectivity index is 1.80. The van der Waals surface area contributed by atoms with Crippen molar-refractivity contribution in [2.24, 2.45) is 0 Å². The van der Waals surface area contributed by atoms with E-state index in [-0.39, 0.29) is 5.91 Å². The van der Waals surface area contributed by atoms with Crippen molar-refractivity contribution in [1.82, 2.24) is 20.4 Å². The zero-order valence-electron chi connectivity index (χ0n) is 12.4. The third-order valence-corrected chi connectivity index (χ3v) is 4.19. The number of rotatable bonds is 3. The van der Waals surface area contributed by atoms with Crippen LogP contribution in [-0.2, 0) is 4.79 Å². The van der Waals surface area contributed by atoms with Crippen molar-refractivity contribution >= 4 is 22.5 Å². The van der Waals surface area contributed by atoms with Gasteiger partial charge in [0.15, 0.2) is 0 Å². The Morgan fingerprint density at radius 2 is 2.10 bits per heavy atom. The number of nitrogens with zero attached hydrogens (tertiary/aromatic N) is 2. The van der Waals surface area contributed by atoms with Gasteiger partial charge in [-0.15, -0.1) is 0 Å². The van der Waals surface area contributed by atoms with Crippen molar-refractivity contribution in [3.63, 3.8) is 0 Å². The summed E-state index contributed by atoms with van der Waals surface area (Å²) in [7, 11) is 0. The van der Waals surface area contributed by atoms with E-state index in [0.717, 1.165) is 42.8 Å². The Bertz CT molecular complexity index is 642. The number of H-pyrrole nitrogens is 1. The average molecular weight is 287 g/mol. The number of benzene rings is 1. The maximum atomic E-state index is 12.7. The lowest BCUT2D eigenvalue weighted by molar-refractivity contribution is -0.126.